The van der Waals surface area contributed by atoms with Crippen LogP contribution in [0.25, 0.3) is 0 Å². The van der Waals surface area contributed by atoms with Crippen molar-refractivity contribution >= 4 is 0 Å². The van der Waals surface area contributed by atoms with Crippen molar-refractivity contribution in [3.63, 3.8) is 0 Å². The van der Waals surface area contributed by atoms with Gasteiger partial charge in [0.15, 0.2) is 0 Å². The maximum atomic E-state index is 10.6. The van der Waals surface area contributed by atoms with Crippen LogP contribution < -0.4 is 5.69 Å². The van der Waals surface area contributed by atoms with Gasteiger partial charge in [-0.05, 0) is 12.0 Å². The topological polar surface area (TPSA) is 45.8 Å². The average Bonchev–Trinajstić information content (AvgIpc) is 1.88. The van der Waals surface area contributed by atoms with Crippen LogP contribution in [0.5, 0.6) is 0 Å². The molecule has 1 aromatic heterocycles. The van der Waals surface area contributed by atoms with Crippen molar-refractivity contribution in [3.8, 4) is 0 Å². The Morgan fingerprint density at radius 1 is 1.60 bits per heavy atom. The van der Waals surface area contributed by atoms with Crippen molar-refractivity contribution in [2.24, 2.45) is 0 Å². The van der Waals surface area contributed by atoms with Gasteiger partial charge in [-0.3, -0.25) is 0 Å². The summed E-state index contributed by atoms with van der Waals surface area (Å²) in [7, 11) is 0. The predicted octanol–water partition coefficient (Wildman–Crippen LogP) is 0.893. The molecule has 0 aliphatic heterocycles. The van der Waals surface area contributed by atoms with Crippen LogP contribution in [0.15, 0.2) is 17.1 Å². The molecule has 54 valence electrons. The monoisotopic (exact) mass is 138 g/mol. The minimum atomic E-state index is -0.272. The van der Waals surface area contributed by atoms with Gasteiger partial charge in [0.05, 0.1) is 0 Å². The van der Waals surface area contributed by atoms with Crippen LogP contribution in [0.3, 0.4) is 0 Å². The van der Waals surface area contributed by atoms with Crippen LogP contribution in [0, 0.1) is 0 Å². The molecule has 1 heterocycles. The van der Waals surface area contributed by atoms with Crippen molar-refractivity contribution in [1.82, 2.24) is 9.97 Å². The lowest BCUT2D eigenvalue weighted by Crippen LogP contribution is -2.11. The number of H-pyrrole nitrogens is 1. The summed E-state index contributed by atoms with van der Waals surface area (Å²) in [5.41, 5.74) is 0.659. The van der Waals surface area contributed by atoms with E-state index in [9.17, 15) is 4.79 Å². The lowest BCUT2D eigenvalue weighted by atomic mass is 10.1. The Labute approximate surface area is 59.1 Å². The maximum Gasteiger partial charge on any atom is 0.345 e. The molecule has 1 rings (SSSR count). The quantitative estimate of drug-likeness (QED) is 0.626. The van der Waals surface area contributed by atoms with Gasteiger partial charge in [0.25, 0.3) is 0 Å². The van der Waals surface area contributed by atoms with Crippen LogP contribution in [0.2, 0.25) is 0 Å². The highest BCUT2D eigenvalue weighted by molar-refractivity contribution is 5.02. The van der Waals surface area contributed by atoms with Gasteiger partial charge in [0.1, 0.15) is 0 Å². The molecule has 0 aliphatic rings. The summed E-state index contributed by atoms with van der Waals surface area (Å²) in [5, 5.41) is 0. The number of hydrogen-bond donors (Lipinski definition) is 1. The largest absolute Gasteiger partial charge is 0.345 e. The normalized spacial score (nSPS) is 10.3. The summed E-state index contributed by atoms with van der Waals surface area (Å²) in [6.07, 6.45) is 1.52. The molecule has 0 fully saturated rings. The summed E-state index contributed by atoms with van der Waals surface area (Å²) in [4.78, 5) is 16.8. The molecule has 0 atom stereocenters. The lowest BCUT2D eigenvalue weighted by Gasteiger charge is -2.01. The second-order valence-corrected chi connectivity index (χ2v) is 2.49. The van der Waals surface area contributed by atoms with E-state index in [-0.39, 0.29) is 5.69 Å². The molecule has 10 heavy (non-hydrogen) atoms. The highest BCUT2D eigenvalue weighted by atomic mass is 16.1. The molecule has 3 heteroatoms. The summed E-state index contributed by atoms with van der Waals surface area (Å²) in [6, 6.07) is 1.81. The van der Waals surface area contributed by atoms with E-state index in [0.29, 0.717) is 5.92 Å². The second kappa shape index (κ2) is 2.64. The van der Waals surface area contributed by atoms with E-state index in [1.807, 2.05) is 19.9 Å². The highest BCUT2D eigenvalue weighted by Crippen LogP contribution is 2.06. The second-order valence-electron chi connectivity index (χ2n) is 2.49. The standard InChI is InChI=1S/C7H10N2O/c1-5(2)6-3-4-8-7(10)9-6/h3-5H,1-2H3,(H,8,9,10). The third kappa shape index (κ3) is 1.43. The molecule has 0 spiro atoms. The number of aromatic amines is 1. The molecule has 0 aromatic carbocycles. The molecule has 1 aromatic rings. The fraction of sp³-hybridized carbons (Fsp3) is 0.429. The molecule has 0 aliphatic carbocycles. The molecule has 1 N–H and O–H groups in total. The molecule has 0 saturated heterocycles. The van der Waals surface area contributed by atoms with Crippen LogP contribution in [0.4, 0.5) is 0 Å². The van der Waals surface area contributed by atoms with Crippen molar-refractivity contribution in [3.05, 3.63) is 28.4 Å². The first-order valence-corrected chi connectivity index (χ1v) is 3.25. The minimum Gasteiger partial charge on any atom is -0.310 e. The van der Waals surface area contributed by atoms with Gasteiger partial charge < -0.3 is 4.98 Å². The van der Waals surface area contributed by atoms with E-state index >= 15 is 0 Å². The van der Waals surface area contributed by atoms with Crippen molar-refractivity contribution < 1.29 is 0 Å². The lowest BCUT2D eigenvalue weighted by molar-refractivity contribution is 0.802. The first-order chi connectivity index (χ1) is 4.70. The number of hydrogen-bond acceptors (Lipinski definition) is 2. The first kappa shape index (κ1) is 6.99. The minimum absolute atomic E-state index is 0.272. The van der Waals surface area contributed by atoms with Crippen molar-refractivity contribution in [1.29, 1.82) is 0 Å². The third-order valence-corrected chi connectivity index (χ3v) is 1.32. The van der Waals surface area contributed by atoms with Gasteiger partial charge in [0, 0.05) is 11.9 Å². The van der Waals surface area contributed by atoms with Crippen LogP contribution >= 0.6 is 0 Å². The number of aromatic nitrogens is 2. The van der Waals surface area contributed by atoms with Gasteiger partial charge in [-0.1, -0.05) is 13.8 Å². The number of nitrogens with one attached hydrogen (secondary N) is 1. The molecule has 0 saturated carbocycles. The Hall–Kier alpha value is -1.12. The molecular formula is C7H10N2O. The van der Waals surface area contributed by atoms with Crippen molar-refractivity contribution in [2.75, 3.05) is 0 Å². The zero-order valence-electron chi connectivity index (χ0n) is 6.09. The summed E-state index contributed by atoms with van der Waals surface area (Å²) >= 11 is 0. The molecule has 0 bridgehead atoms. The zero-order valence-corrected chi connectivity index (χ0v) is 6.09. The van der Waals surface area contributed by atoms with E-state index in [4.69, 9.17) is 0 Å². The average molecular weight is 138 g/mol. The van der Waals surface area contributed by atoms with E-state index in [1.165, 1.54) is 6.20 Å². The Balaban J connectivity index is 3.07. The van der Waals surface area contributed by atoms with Gasteiger partial charge in [0.2, 0.25) is 0 Å². The Morgan fingerprint density at radius 2 is 2.30 bits per heavy atom. The van der Waals surface area contributed by atoms with Gasteiger partial charge in [-0.2, -0.15) is 0 Å². The Morgan fingerprint density at radius 3 is 2.70 bits per heavy atom. The van der Waals surface area contributed by atoms with Crippen molar-refractivity contribution in [2.45, 2.75) is 19.8 Å². The highest BCUT2D eigenvalue weighted by Gasteiger charge is 1.97. The smallest absolute Gasteiger partial charge is 0.310 e. The molecule has 0 unspecified atom stereocenters. The summed E-state index contributed by atoms with van der Waals surface area (Å²) in [5.74, 6) is 0.357. The van der Waals surface area contributed by atoms with Crippen LogP contribution in [0.1, 0.15) is 25.5 Å². The molecule has 3 nitrogen and oxygen atoms in total. The molecule has 0 radical (unpaired) electrons. The predicted molar refractivity (Wildman–Crippen MR) is 38.9 cm³/mol. The van der Waals surface area contributed by atoms with E-state index < -0.39 is 0 Å². The van der Waals surface area contributed by atoms with E-state index in [1.54, 1.807) is 0 Å². The molecule has 0 amide bonds. The fourth-order valence-electron chi connectivity index (χ4n) is 0.719. The third-order valence-electron chi connectivity index (χ3n) is 1.32. The Bertz CT molecular complexity index is 264. The zero-order chi connectivity index (χ0) is 7.56. The SMILES string of the molecule is CC(C)c1ccnc(=O)[nH]1. The van der Waals surface area contributed by atoms with E-state index in [2.05, 4.69) is 9.97 Å². The van der Waals surface area contributed by atoms with Crippen LogP contribution in [-0.4, -0.2) is 9.97 Å². The fourth-order valence-corrected chi connectivity index (χ4v) is 0.719. The summed E-state index contributed by atoms with van der Waals surface area (Å²) in [6.45, 7) is 4.04. The van der Waals surface area contributed by atoms with Gasteiger partial charge in [-0.15, -0.1) is 0 Å². The first-order valence-electron chi connectivity index (χ1n) is 3.25. The number of rotatable bonds is 1. The molecular weight excluding hydrogens is 128 g/mol. The van der Waals surface area contributed by atoms with Gasteiger partial charge in [-0.25, -0.2) is 9.78 Å². The van der Waals surface area contributed by atoms with E-state index in [0.717, 1.165) is 5.69 Å². The maximum absolute atomic E-state index is 10.6. The van der Waals surface area contributed by atoms with Crippen LogP contribution in [-0.2, 0) is 0 Å². The number of nitrogens with zero attached hydrogens (tertiary/aromatic N) is 1. The van der Waals surface area contributed by atoms with Gasteiger partial charge >= 0.3 is 5.69 Å². The Kier molecular flexibility index (Phi) is 1.85. The summed E-state index contributed by atoms with van der Waals surface area (Å²) < 4.78 is 0.